The highest BCUT2D eigenvalue weighted by Gasteiger charge is 2.18. The van der Waals surface area contributed by atoms with E-state index < -0.39 is 0 Å². The number of hydrogen-bond acceptors (Lipinski definition) is 7. The number of hydrogen-bond donors (Lipinski definition) is 2. The van der Waals surface area contributed by atoms with Crippen LogP contribution in [-0.4, -0.2) is 54.7 Å². The Bertz CT molecular complexity index is 787. The molecule has 0 bridgehead atoms. The van der Waals surface area contributed by atoms with Crippen molar-refractivity contribution in [3.05, 3.63) is 42.0 Å². The van der Waals surface area contributed by atoms with Gasteiger partial charge in [-0.3, -0.25) is 14.6 Å². The van der Waals surface area contributed by atoms with Crippen LogP contribution in [0.25, 0.3) is 0 Å². The van der Waals surface area contributed by atoms with Crippen LogP contribution in [0.3, 0.4) is 0 Å². The maximum Gasteiger partial charge on any atom is 0.271 e. The standard InChI is InChI=1S/C20H26N4O5/c1-4-27-16-11-14(12-17(28-5-2)18(16)29-6-3)19(25)23-9-10-24-20(26)15-13-21-7-8-22-15/h7-8,11-13H,4-6,9-10H2,1-3H3,(H,23,25)(H,24,26). The molecule has 2 aromatic rings. The zero-order valence-electron chi connectivity index (χ0n) is 16.9. The molecule has 0 fully saturated rings. The highest BCUT2D eigenvalue weighted by atomic mass is 16.5. The summed E-state index contributed by atoms with van der Waals surface area (Å²) in [5.41, 5.74) is 0.591. The summed E-state index contributed by atoms with van der Waals surface area (Å²) >= 11 is 0. The van der Waals surface area contributed by atoms with Crippen LogP contribution >= 0.6 is 0 Å². The second-order valence-electron chi connectivity index (χ2n) is 5.70. The predicted octanol–water partition coefficient (Wildman–Crippen LogP) is 1.83. The number of ether oxygens (including phenoxy) is 3. The van der Waals surface area contributed by atoms with E-state index in [1.54, 1.807) is 12.1 Å². The zero-order chi connectivity index (χ0) is 21.1. The van der Waals surface area contributed by atoms with Gasteiger partial charge in [0.15, 0.2) is 11.5 Å². The molecular weight excluding hydrogens is 376 g/mol. The lowest BCUT2D eigenvalue weighted by atomic mass is 10.1. The molecule has 0 aliphatic rings. The number of nitrogens with zero attached hydrogens (tertiary/aromatic N) is 2. The molecular formula is C20H26N4O5. The Balaban J connectivity index is 2.01. The third kappa shape index (κ3) is 6.34. The maximum atomic E-state index is 12.5. The molecule has 0 saturated heterocycles. The molecule has 1 aromatic heterocycles. The summed E-state index contributed by atoms with van der Waals surface area (Å²) in [6, 6.07) is 3.23. The molecule has 29 heavy (non-hydrogen) atoms. The van der Waals surface area contributed by atoms with Crippen LogP contribution in [0.5, 0.6) is 17.2 Å². The second-order valence-corrected chi connectivity index (χ2v) is 5.70. The highest BCUT2D eigenvalue weighted by Crippen LogP contribution is 2.39. The van der Waals surface area contributed by atoms with Crippen LogP contribution < -0.4 is 24.8 Å². The quantitative estimate of drug-likeness (QED) is 0.552. The summed E-state index contributed by atoms with van der Waals surface area (Å²) in [6.07, 6.45) is 4.30. The first kappa shape index (κ1) is 21.9. The Morgan fingerprint density at radius 3 is 1.97 bits per heavy atom. The van der Waals surface area contributed by atoms with Crippen molar-refractivity contribution in [3.63, 3.8) is 0 Å². The van der Waals surface area contributed by atoms with Gasteiger partial charge in [0.25, 0.3) is 11.8 Å². The van der Waals surface area contributed by atoms with Crippen LogP contribution in [-0.2, 0) is 0 Å². The minimum Gasteiger partial charge on any atom is -0.490 e. The van der Waals surface area contributed by atoms with E-state index in [9.17, 15) is 9.59 Å². The van der Waals surface area contributed by atoms with Gasteiger partial charge in [-0.15, -0.1) is 0 Å². The number of carbonyl (C=O) groups excluding carboxylic acids is 2. The van der Waals surface area contributed by atoms with Crippen molar-refractivity contribution < 1.29 is 23.8 Å². The average Bonchev–Trinajstić information content (AvgIpc) is 2.74. The molecule has 156 valence electrons. The van der Waals surface area contributed by atoms with E-state index in [0.717, 1.165) is 0 Å². The molecule has 1 heterocycles. The number of aromatic nitrogens is 2. The van der Waals surface area contributed by atoms with E-state index in [-0.39, 0.29) is 30.6 Å². The van der Waals surface area contributed by atoms with Crippen molar-refractivity contribution in [2.24, 2.45) is 0 Å². The summed E-state index contributed by atoms with van der Waals surface area (Å²) in [4.78, 5) is 32.2. The molecule has 1 aromatic carbocycles. The number of nitrogens with one attached hydrogen (secondary N) is 2. The first-order valence-electron chi connectivity index (χ1n) is 9.49. The van der Waals surface area contributed by atoms with Gasteiger partial charge in [-0.25, -0.2) is 4.98 Å². The summed E-state index contributed by atoms with van der Waals surface area (Å²) in [5, 5.41) is 5.42. The molecule has 0 radical (unpaired) electrons. The molecule has 9 nitrogen and oxygen atoms in total. The van der Waals surface area contributed by atoms with Gasteiger partial charge in [0, 0.05) is 31.0 Å². The van der Waals surface area contributed by atoms with Crippen LogP contribution in [0.1, 0.15) is 41.6 Å². The number of benzene rings is 1. The first-order valence-corrected chi connectivity index (χ1v) is 9.49. The van der Waals surface area contributed by atoms with Gasteiger partial charge in [0.2, 0.25) is 5.75 Å². The summed E-state index contributed by atoms with van der Waals surface area (Å²) in [7, 11) is 0. The normalized spacial score (nSPS) is 10.2. The SMILES string of the molecule is CCOc1cc(C(=O)NCCNC(=O)c2cnccn2)cc(OCC)c1OCC. The van der Waals surface area contributed by atoms with Crippen molar-refractivity contribution in [1.82, 2.24) is 20.6 Å². The van der Waals surface area contributed by atoms with E-state index in [1.165, 1.54) is 18.6 Å². The van der Waals surface area contributed by atoms with Crippen LogP contribution in [0.15, 0.2) is 30.7 Å². The Morgan fingerprint density at radius 2 is 1.45 bits per heavy atom. The van der Waals surface area contributed by atoms with Gasteiger partial charge in [-0.05, 0) is 32.9 Å². The van der Waals surface area contributed by atoms with Gasteiger partial charge in [0.05, 0.1) is 26.0 Å². The largest absolute Gasteiger partial charge is 0.490 e. The van der Waals surface area contributed by atoms with Crippen LogP contribution in [0.2, 0.25) is 0 Å². The van der Waals surface area contributed by atoms with E-state index in [0.29, 0.717) is 42.6 Å². The first-order chi connectivity index (χ1) is 14.1. The third-order valence-electron chi connectivity index (χ3n) is 3.66. The molecule has 0 aliphatic heterocycles. The van der Waals surface area contributed by atoms with Gasteiger partial charge >= 0.3 is 0 Å². The molecule has 0 atom stereocenters. The molecule has 0 unspecified atom stereocenters. The minimum atomic E-state index is -0.356. The smallest absolute Gasteiger partial charge is 0.271 e. The second kappa shape index (κ2) is 11.5. The molecule has 0 aliphatic carbocycles. The summed E-state index contributed by atoms with van der Waals surface area (Å²) < 4.78 is 16.9. The minimum absolute atomic E-state index is 0.216. The van der Waals surface area contributed by atoms with Crippen molar-refractivity contribution in [2.75, 3.05) is 32.9 Å². The summed E-state index contributed by atoms with van der Waals surface area (Å²) in [6.45, 7) is 7.33. The fourth-order valence-electron chi connectivity index (χ4n) is 2.48. The zero-order valence-corrected chi connectivity index (χ0v) is 16.9. The van der Waals surface area contributed by atoms with Gasteiger partial charge < -0.3 is 24.8 Å². The number of amides is 2. The lowest BCUT2D eigenvalue weighted by Gasteiger charge is -2.17. The maximum absolute atomic E-state index is 12.5. The molecule has 2 N–H and O–H groups in total. The molecule has 2 rings (SSSR count). The molecule has 0 saturated carbocycles. The van der Waals surface area contributed by atoms with E-state index >= 15 is 0 Å². The lowest BCUT2D eigenvalue weighted by Crippen LogP contribution is -2.35. The Kier molecular flexibility index (Phi) is 8.68. The Labute approximate surface area is 169 Å². The van der Waals surface area contributed by atoms with Crippen LogP contribution in [0, 0.1) is 0 Å². The average molecular weight is 402 g/mol. The van der Waals surface area contributed by atoms with E-state index in [4.69, 9.17) is 14.2 Å². The van der Waals surface area contributed by atoms with Crippen molar-refractivity contribution >= 4 is 11.8 Å². The third-order valence-corrected chi connectivity index (χ3v) is 3.66. The van der Waals surface area contributed by atoms with Crippen molar-refractivity contribution in [2.45, 2.75) is 20.8 Å². The topological polar surface area (TPSA) is 112 Å². The van der Waals surface area contributed by atoms with Gasteiger partial charge in [-0.1, -0.05) is 0 Å². The summed E-state index contributed by atoms with van der Waals surface area (Å²) in [5.74, 6) is 0.696. The fourth-order valence-corrected chi connectivity index (χ4v) is 2.48. The van der Waals surface area contributed by atoms with Crippen molar-refractivity contribution in [3.8, 4) is 17.2 Å². The Hall–Kier alpha value is -3.36. The Morgan fingerprint density at radius 1 is 0.862 bits per heavy atom. The van der Waals surface area contributed by atoms with Crippen LogP contribution in [0.4, 0.5) is 0 Å². The predicted molar refractivity (Wildman–Crippen MR) is 107 cm³/mol. The van der Waals surface area contributed by atoms with Crippen molar-refractivity contribution in [1.29, 1.82) is 0 Å². The van der Waals surface area contributed by atoms with Gasteiger partial charge in [-0.2, -0.15) is 0 Å². The van der Waals surface area contributed by atoms with E-state index in [1.807, 2.05) is 20.8 Å². The number of carbonyl (C=O) groups is 2. The number of rotatable bonds is 11. The molecule has 0 spiro atoms. The monoisotopic (exact) mass is 402 g/mol. The van der Waals surface area contributed by atoms with Gasteiger partial charge in [0.1, 0.15) is 5.69 Å². The molecule has 2 amide bonds. The fraction of sp³-hybridized carbons (Fsp3) is 0.400. The lowest BCUT2D eigenvalue weighted by molar-refractivity contribution is 0.0924. The molecule has 9 heteroatoms. The highest BCUT2D eigenvalue weighted by molar-refractivity contribution is 5.95. The van der Waals surface area contributed by atoms with E-state index in [2.05, 4.69) is 20.6 Å².